The van der Waals surface area contributed by atoms with Crippen molar-refractivity contribution in [2.45, 2.75) is 13.5 Å². The van der Waals surface area contributed by atoms with Gasteiger partial charge in [0.25, 0.3) is 0 Å². The number of aromatic nitrogens is 1. The summed E-state index contributed by atoms with van der Waals surface area (Å²) in [6, 6.07) is 9.39. The van der Waals surface area contributed by atoms with Crippen LogP contribution in [0.2, 0.25) is 0 Å². The number of methoxy groups -OCH3 is 1. The highest BCUT2D eigenvalue weighted by atomic mass is 32.1. The third-order valence-electron chi connectivity index (χ3n) is 3.92. The van der Waals surface area contributed by atoms with Crippen LogP contribution in [-0.2, 0) is 20.9 Å². The fraction of sp³-hybridized carbons (Fsp3) is 0.150. The van der Waals surface area contributed by atoms with Gasteiger partial charge in [0.15, 0.2) is 0 Å². The number of thiophene rings is 1. The molecule has 0 N–H and O–H groups in total. The number of pyridine rings is 1. The average molecular weight is 367 g/mol. The molecule has 0 bridgehead atoms. The van der Waals surface area contributed by atoms with Crippen LogP contribution in [0.3, 0.4) is 0 Å². The molecule has 0 unspecified atom stereocenters. The summed E-state index contributed by atoms with van der Waals surface area (Å²) in [5.41, 5.74) is 3.13. The second-order valence-electron chi connectivity index (χ2n) is 5.56. The van der Waals surface area contributed by atoms with E-state index in [1.54, 1.807) is 17.4 Å². The zero-order chi connectivity index (χ0) is 18.5. The predicted molar refractivity (Wildman–Crippen MR) is 101 cm³/mol. The monoisotopic (exact) mass is 367 g/mol. The van der Waals surface area contributed by atoms with Gasteiger partial charge in [-0.1, -0.05) is 18.2 Å². The molecule has 0 spiro atoms. The number of nitrogens with zero attached hydrogens (tertiary/aromatic N) is 1. The number of rotatable bonds is 5. The summed E-state index contributed by atoms with van der Waals surface area (Å²) in [6.45, 7) is 1.72. The Hall–Kier alpha value is -2.99. The lowest BCUT2D eigenvalue weighted by atomic mass is 10.0. The summed E-state index contributed by atoms with van der Waals surface area (Å²) in [6.07, 6.45) is 3.03. The van der Waals surface area contributed by atoms with Crippen LogP contribution in [-0.4, -0.2) is 24.0 Å². The zero-order valence-electron chi connectivity index (χ0n) is 14.4. The van der Waals surface area contributed by atoms with E-state index in [4.69, 9.17) is 9.47 Å². The first-order valence-corrected chi connectivity index (χ1v) is 8.88. The van der Waals surface area contributed by atoms with E-state index in [2.05, 4.69) is 4.98 Å². The lowest BCUT2D eigenvalue weighted by Crippen LogP contribution is -2.13. The van der Waals surface area contributed by atoms with Gasteiger partial charge in [-0.2, -0.15) is 11.3 Å². The van der Waals surface area contributed by atoms with Crippen molar-refractivity contribution in [3.63, 3.8) is 0 Å². The highest BCUT2D eigenvalue weighted by Gasteiger charge is 2.20. The smallest absolute Gasteiger partial charge is 0.340 e. The van der Waals surface area contributed by atoms with Gasteiger partial charge in [-0.25, -0.2) is 14.6 Å². The minimum Gasteiger partial charge on any atom is -0.465 e. The Balaban J connectivity index is 1.86. The minimum absolute atomic E-state index is 0.108. The first-order chi connectivity index (χ1) is 12.6. The van der Waals surface area contributed by atoms with E-state index >= 15 is 0 Å². The van der Waals surface area contributed by atoms with Crippen molar-refractivity contribution in [2.75, 3.05) is 7.11 Å². The van der Waals surface area contributed by atoms with Gasteiger partial charge < -0.3 is 9.47 Å². The maximum atomic E-state index is 12.2. The fourth-order valence-corrected chi connectivity index (χ4v) is 3.27. The molecule has 132 valence electrons. The Morgan fingerprint density at radius 1 is 1.23 bits per heavy atom. The number of fused-ring (bicyclic) bond motifs is 1. The van der Waals surface area contributed by atoms with Crippen LogP contribution >= 0.6 is 11.3 Å². The Labute approximate surface area is 154 Å². The van der Waals surface area contributed by atoms with Crippen LogP contribution in [0.5, 0.6) is 0 Å². The standard InChI is InChI=1S/C20H17NO4S/c1-13-15-5-3-4-6-16(15)21-17(19(13)20(23)24-2)11-25-18(22)8-7-14-9-10-26-12-14/h3-10,12H,11H2,1-2H3. The van der Waals surface area contributed by atoms with Crippen LogP contribution in [0.25, 0.3) is 17.0 Å². The summed E-state index contributed by atoms with van der Waals surface area (Å²) >= 11 is 1.55. The molecule has 0 saturated heterocycles. The molecule has 26 heavy (non-hydrogen) atoms. The predicted octanol–water partition coefficient (Wildman–Crippen LogP) is 4.15. The van der Waals surface area contributed by atoms with Gasteiger partial charge in [0.05, 0.1) is 23.9 Å². The van der Waals surface area contributed by atoms with Crippen molar-refractivity contribution in [3.8, 4) is 0 Å². The fourth-order valence-electron chi connectivity index (χ4n) is 2.64. The van der Waals surface area contributed by atoms with Gasteiger partial charge in [-0.15, -0.1) is 0 Å². The number of ether oxygens (including phenoxy) is 2. The molecule has 0 radical (unpaired) electrons. The molecule has 0 atom stereocenters. The van der Waals surface area contributed by atoms with E-state index in [1.807, 2.05) is 48.0 Å². The maximum Gasteiger partial charge on any atom is 0.340 e. The maximum absolute atomic E-state index is 12.2. The van der Waals surface area contributed by atoms with Gasteiger partial charge in [-0.05, 0) is 47.0 Å². The van der Waals surface area contributed by atoms with E-state index in [1.165, 1.54) is 13.2 Å². The number of esters is 2. The topological polar surface area (TPSA) is 65.5 Å². The molecule has 0 aliphatic heterocycles. The summed E-state index contributed by atoms with van der Waals surface area (Å²) < 4.78 is 10.2. The van der Waals surface area contributed by atoms with Crippen LogP contribution < -0.4 is 0 Å². The number of carbonyl (C=O) groups is 2. The number of benzene rings is 1. The molecular formula is C20H17NO4S. The van der Waals surface area contributed by atoms with Gasteiger partial charge in [0, 0.05) is 11.5 Å². The third kappa shape index (κ3) is 3.81. The Bertz CT molecular complexity index is 977. The van der Waals surface area contributed by atoms with Crippen molar-refractivity contribution in [1.82, 2.24) is 4.98 Å². The number of hydrogen-bond donors (Lipinski definition) is 0. The SMILES string of the molecule is COC(=O)c1c(COC(=O)C=Cc2ccsc2)nc2ccccc2c1C. The molecule has 3 rings (SSSR count). The molecule has 1 aromatic carbocycles. The van der Waals surface area contributed by atoms with Crippen molar-refractivity contribution >= 4 is 40.3 Å². The first kappa shape index (κ1) is 17.8. The number of carbonyl (C=O) groups excluding carboxylic acids is 2. The Morgan fingerprint density at radius 3 is 2.77 bits per heavy atom. The van der Waals surface area contributed by atoms with Crippen molar-refractivity contribution in [1.29, 1.82) is 0 Å². The van der Waals surface area contributed by atoms with Crippen molar-refractivity contribution in [3.05, 3.63) is 69.6 Å². The van der Waals surface area contributed by atoms with Crippen LogP contribution in [0.4, 0.5) is 0 Å². The molecule has 0 aliphatic carbocycles. The van der Waals surface area contributed by atoms with E-state index in [0.29, 0.717) is 11.3 Å². The van der Waals surface area contributed by atoms with Gasteiger partial charge in [-0.3, -0.25) is 0 Å². The van der Waals surface area contributed by atoms with E-state index in [9.17, 15) is 9.59 Å². The van der Waals surface area contributed by atoms with E-state index in [-0.39, 0.29) is 6.61 Å². The average Bonchev–Trinajstić information content (AvgIpc) is 3.18. The quantitative estimate of drug-likeness (QED) is 0.501. The first-order valence-electron chi connectivity index (χ1n) is 7.93. The molecule has 2 heterocycles. The van der Waals surface area contributed by atoms with Gasteiger partial charge in [0.2, 0.25) is 0 Å². The zero-order valence-corrected chi connectivity index (χ0v) is 15.2. The summed E-state index contributed by atoms with van der Waals surface area (Å²) in [5, 5.41) is 4.71. The largest absolute Gasteiger partial charge is 0.465 e. The Morgan fingerprint density at radius 2 is 2.04 bits per heavy atom. The lowest BCUT2D eigenvalue weighted by molar-refractivity contribution is -0.139. The molecule has 0 fully saturated rings. The molecular weight excluding hydrogens is 350 g/mol. The molecule has 5 nitrogen and oxygen atoms in total. The molecule has 0 amide bonds. The van der Waals surface area contributed by atoms with E-state index < -0.39 is 11.9 Å². The molecule has 2 aromatic heterocycles. The second kappa shape index (κ2) is 7.93. The van der Waals surface area contributed by atoms with Gasteiger partial charge >= 0.3 is 11.9 Å². The molecule has 0 aliphatic rings. The summed E-state index contributed by atoms with van der Waals surface area (Å²) in [7, 11) is 1.32. The molecule has 0 saturated carbocycles. The molecule has 3 aromatic rings. The van der Waals surface area contributed by atoms with Crippen LogP contribution in [0.1, 0.15) is 27.2 Å². The second-order valence-corrected chi connectivity index (χ2v) is 6.34. The van der Waals surface area contributed by atoms with Crippen LogP contribution in [0, 0.1) is 6.92 Å². The highest BCUT2D eigenvalue weighted by Crippen LogP contribution is 2.24. The minimum atomic E-state index is -0.500. The van der Waals surface area contributed by atoms with Crippen LogP contribution in [0.15, 0.2) is 47.2 Å². The normalized spacial score (nSPS) is 11.0. The van der Waals surface area contributed by atoms with Crippen molar-refractivity contribution < 1.29 is 19.1 Å². The van der Waals surface area contributed by atoms with Gasteiger partial charge in [0.1, 0.15) is 6.61 Å². The molecule has 6 heteroatoms. The van der Waals surface area contributed by atoms with Crippen molar-refractivity contribution in [2.24, 2.45) is 0 Å². The highest BCUT2D eigenvalue weighted by molar-refractivity contribution is 7.08. The third-order valence-corrected chi connectivity index (χ3v) is 4.62. The summed E-state index contributed by atoms with van der Waals surface area (Å²) in [4.78, 5) is 28.7. The number of hydrogen-bond acceptors (Lipinski definition) is 6. The van der Waals surface area contributed by atoms with E-state index in [0.717, 1.165) is 22.0 Å². The summed E-state index contributed by atoms with van der Waals surface area (Å²) in [5.74, 6) is -1.000. The number of aryl methyl sites for hydroxylation is 1. The Kier molecular flexibility index (Phi) is 5.43. The number of para-hydroxylation sites is 1. The lowest BCUT2D eigenvalue weighted by Gasteiger charge is -2.13.